The summed E-state index contributed by atoms with van der Waals surface area (Å²) in [7, 11) is 0. The molecule has 0 amide bonds. The van der Waals surface area contributed by atoms with E-state index in [1.54, 1.807) is 0 Å². The molecule has 1 aliphatic rings. The first-order chi connectivity index (χ1) is 7.40. The molecule has 2 rings (SSSR count). The maximum atomic E-state index is 5.94. The van der Waals surface area contributed by atoms with E-state index in [4.69, 9.17) is 11.6 Å². The van der Waals surface area contributed by atoms with Crippen molar-refractivity contribution in [3.05, 3.63) is 35.9 Å². The lowest BCUT2D eigenvalue weighted by Gasteiger charge is -2.22. The zero-order valence-corrected chi connectivity index (χ0v) is 9.79. The minimum atomic E-state index is 0.621. The molecule has 0 bridgehead atoms. The molecule has 0 N–H and O–H groups in total. The lowest BCUT2D eigenvalue weighted by atomic mass is 10.1. The molecule has 1 aromatic rings. The van der Waals surface area contributed by atoms with Crippen molar-refractivity contribution in [1.29, 1.82) is 0 Å². The van der Waals surface area contributed by atoms with Gasteiger partial charge in [-0.2, -0.15) is 0 Å². The van der Waals surface area contributed by atoms with Crippen molar-refractivity contribution in [2.24, 2.45) is 0 Å². The maximum absolute atomic E-state index is 5.94. The van der Waals surface area contributed by atoms with Gasteiger partial charge in [0.2, 0.25) is 0 Å². The van der Waals surface area contributed by atoms with E-state index < -0.39 is 0 Å². The molecule has 1 aromatic carbocycles. The summed E-state index contributed by atoms with van der Waals surface area (Å²) in [4.78, 5) is 2.53. The van der Waals surface area contributed by atoms with E-state index in [1.165, 1.54) is 24.9 Å². The van der Waals surface area contributed by atoms with Crippen LogP contribution in [0.5, 0.6) is 0 Å². The molecule has 2 heteroatoms. The van der Waals surface area contributed by atoms with Crippen LogP contribution in [0.3, 0.4) is 0 Å². The molecular weight excluding hydrogens is 206 g/mol. The fourth-order valence-electron chi connectivity index (χ4n) is 2.28. The summed E-state index contributed by atoms with van der Waals surface area (Å²) >= 11 is 5.94. The Kier molecular flexibility index (Phi) is 4.04. The van der Waals surface area contributed by atoms with Crippen LogP contribution >= 0.6 is 11.6 Å². The first-order valence-electron chi connectivity index (χ1n) is 5.74. The van der Waals surface area contributed by atoms with Gasteiger partial charge in [0.25, 0.3) is 0 Å². The molecule has 0 aliphatic carbocycles. The monoisotopic (exact) mass is 223 g/mol. The van der Waals surface area contributed by atoms with Crippen molar-refractivity contribution in [3.8, 4) is 0 Å². The largest absolute Gasteiger partial charge is 0.299 e. The Balaban J connectivity index is 1.83. The first-order valence-corrected chi connectivity index (χ1v) is 6.27. The Bertz CT molecular complexity index is 286. The highest BCUT2D eigenvalue weighted by molar-refractivity contribution is 6.18. The molecule has 1 saturated heterocycles. The number of hydrogen-bond acceptors (Lipinski definition) is 1. The molecule has 15 heavy (non-hydrogen) atoms. The standard InChI is InChI=1S/C13H18ClN/c14-11-13-7-4-9-15(13)10-8-12-5-2-1-3-6-12/h1-3,5-6,13H,4,7-11H2. The van der Waals surface area contributed by atoms with E-state index in [2.05, 4.69) is 35.2 Å². The minimum Gasteiger partial charge on any atom is -0.299 e. The summed E-state index contributed by atoms with van der Waals surface area (Å²) in [5.41, 5.74) is 1.43. The van der Waals surface area contributed by atoms with Gasteiger partial charge in [0.05, 0.1) is 0 Å². The molecule has 0 spiro atoms. The number of nitrogens with zero attached hydrogens (tertiary/aromatic N) is 1. The summed E-state index contributed by atoms with van der Waals surface area (Å²) < 4.78 is 0. The predicted octanol–water partition coefficient (Wildman–Crippen LogP) is 2.93. The van der Waals surface area contributed by atoms with Gasteiger partial charge in [-0.25, -0.2) is 0 Å². The van der Waals surface area contributed by atoms with E-state index in [1.807, 2.05) is 0 Å². The third kappa shape index (κ3) is 2.96. The van der Waals surface area contributed by atoms with Gasteiger partial charge < -0.3 is 0 Å². The third-order valence-electron chi connectivity index (χ3n) is 3.21. The summed E-state index contributed by atoms with van der Waals surface area (Å²) in [5, 5.41) is 0. The lowest BCUT2D eigenvalue weighted by molar-refractivity contribution is 0.275. The Hall–Kier alpha value is -0.530. The molecule has 1 unspecified atom stereocenters. The van der Waals surface area contributed by atoms with Gasteiger partial charge in [0, 0.05) is 18.5 Å². The van der Waals surface area contributed by atoms with Crippen LogP contribution in [0.2, 0.25) is 0 Å². The van der Waals surface area contributed by atoms with E-state index in [9.17, 15) is 0 Å². The van der Waals surface area contributed by atoms with Crippen molar-refractivity contribution in [2.75, 3.05) is 19.0 Å². The number of alkyl halides is 1. The molecule has 82 valence electrons. The molecule has 0 saturated carbocycles. The first kappa shape index (κ1) is 11.0. The van der Waals surface area contributed by atoms with Gasteiger partial charge >= 0.3 is 0 Å². The zero-order chi connectivity index (χ0) is 10.5. The minimum absolute atomic E-state index is 0.621. The van der Waals surface area contributed by atoms with Gasteiger partial charge in [0.1, 0.15) is 0 Å². The summed E-state index contributed by atoms with van der Waals surface area (Å²) in [6, 6.07) is 11.3. The van der Waals surface area contributed by atoms with Crippen molar-refractivity contribution < 1.29 is 0 Å². The fraction of sp³-hybridized carbons (Fsp3) is 0.538. The zero-order valence-electron chi connectivity index (χ0n) is 9.03. The van der Waals surface area contributed by atoms with Gasteiger partial charge in [-0.1, -0.05) is 30.3 Å². The van der Waals surface area contributed by atoms with Crippen molar-refractivity contribution in [2.45, 2.75) is 25.3 Å². The average Bonchev–Trinajstić information content (AvgIpc) is 2.75. The quantitative estimate of drug-likeness (QED) is 0.710. The topological polar surface area (TPSA) is 3.24 Å². The number of halogens is 1. The third-order valence-corrected chi connectivity index (χ3v) is 3.56. The van der Waals surface area contributed by atoms with E-state index >= 15 is 0 Å². The van der Waals surface area contributed by atoms with E-state index in [-0.39, 0.29) is 0 Å². The van der Waals surface area contributed by atoms with Gasteiger partial charge in [-0.3, -0.25) is 4.90 Å². The van der Waals surface area contributed by atoms with Crippen molar-refractivity contribution in [3.63, 3.8) is 0 Å². The summed E-state index contributed by atoms with van der Waals surface area (Å²) in [5.74, 6) is 0.786. The average molecular weight is 224 g/mol. The number of benzene rings is 1. The number of rotatable bonds is 4. The van der Waals surface area contributed by atoms with Crippen LogP contribution in [-0.2, 0) is 6.42 Å². The highest BCUT2D eigenvalue weighted by Crippen LogP contribution is 2.18. The van der Waals surface area contributed by atoms with Gasteiger partial charge in [-0.15, -0.1) is 11.6 Å². The molecule has 1 fully saturated rings. The number of likely N-dealkylation sites (tertiary alicyclic amines) is 1. The second-order valence-electron chi connectivity index (χ2n) is 4.22. The van der Waals surface area contributed by atoms with Crippen LogP contribution in [0.4, 0.5) is 0 Å². The second kappa shape index (κ2) is 5.53. The molecule has 1 heterocycles. The van der Waals surface area contributed by atoms with E-state index in [0.29, 0.717) is 6.04 Å². The Morgan fingerprint density at radius 3 is 2.80 bits per heavy atom. The Labute approximate surface area is 97.0 Å². The molecule has 0 aromatic heterocycles. The molecule has 1 nitrogen and oxygen atoms in total. The molecular formula is C13H18ClN. The Morgan fingerprint density at radius 2 is 2.07 bits per heavy atom. The second-order valence-corrected chi connectivity index (χ2v) is 4.53. The Morgan fingerprint density at radius 1 is 1.27 bits per heavy atom. The van der Waals surface area contributed by atoms with Crippen LogP contribution in [-0.4, -0.2) is 29.9 Å². The van der Waals surface area contributed by atoms with E-state index in [0.717, 1.165) is 18.8 Å². The summed E-state index contributed by atoms with van der Waals surface area (Å²) in [6.45, 7) is 2.38. The van der Waals surface area contributed by atoms with Crippen molar-refractivity contribution in [1.82, 2.24) is 4.90 Å². The maximum Gasteiger partial charge on any atom is 0.0379 e. The van der Waals surface area contributed by atoms with Gasteiger partial charge in [-0.05, 0) is 31.4 Å². The smallest absolute Gasteiger partial charge is 0.0379 e. The van der Waals surface area contributed by atoms with Crippen LogP contribution in [0.1, 0.15) is 18.4 Å². The van der Waals surface area contributed by atoms with Gasteiger partial charge in [0.15, 0.2) is 0 Å². The van der Waals surface area contributed by atoms with Crippen LogP contribution in [0.15, 0.2) is 30.3 Å². The molecule has 1 atom stereocenters. The SMILES string of the molecule is ClCC1CCCN1CCc1ccccc1. The highest BCUT2D eigenvalue weighted by Gasteiger charge is 2.22. The highest BCUT2D eigenvalue weighted by atomic mass is 35.5. The lowest BCUT2D eigenvalue weighted by Crippen LogP contribution is -2.32. The van der Waals surface area contributed by atoms with Crippen molar-refractivity contribution >= 4 is 11.6 Å². The molecule has 0 radical (unpaired) electrons. The molecule has 1 aliphatic heterocycles. The van der Waals surface area contributed by atoms with Crippen LogP contribution in [0, 0.1) is 0 Å². The summed E-state index contributed by atoms with van der Waals surface area (Å²) in [6.07, 6.45) is 3.73. The number of hydrogen-bond donors (Lipinski definition) is 0. The van der Waals surface area contributed by atoms with Crippen LogP contribution in [0.25, 0.3) is 0 Å². The predicted molar refractivity (Wildman–Crippen MR) is 65.5 cm³/mol. The van der Waals surface area contributed by atoms with Crippen LogP contribution < -0.4 is 0 Å². The fourth-order valence-corrected chi connectivity index (χ4v) is 2.63. The normalized spacial score (nSPS) is 22.1.